The van der Waals surface area contributed by atoms with Crippen LogP contribution in [0.5, 0.6) is 5.75 Å². The standard InChI is InChI=1S/C21H20N4O4/c1-3-29-21(27)14-8-4-6-10-16(14)22-18-12-13-19(25-24-18)23-20(26)15-9-5-7-11-17(15)28-2/h4-13H,3H2,1-2H3,(H,22,24)(H,23,25,26). The van der Waals surface area contributed by atoms with Crippen LogP contribution >= 0.6 is 0 Å². The molecule has 1 heterocycles. The van der Waals surface area contributed by atoms with Crippen LogP contribution in [0.25, 0.3) is 0 Å². The number of nitrogens with one attached hydrogen (secondary N) is 2. The molecule has 8 nitrogen and oxygen atoms in total. The van der Waals surface area contributed by atoms with E-state index in [1.54, 1.807) is 67.6 Å². The van der Waals surface area contributed by atoms with Crippen LogP contribution in [0.2, 0.25) is 0 Å². The normalized spacial score (nSPS) is 10.1. The van der Waals surface area contributed by atoms with Crippen LogP contribution in [0, 0.1) is 0 Å². The summed E-state index contributed by atoms with van der Waals surface area (Å²) >= 11 is 0. The summed E-state index contributed by atoms with van der Waals surface area (Å²) in [6, 6.07) is 17.1. The van der Waals surface area contributed by atoms with Gasteiger partial charge in [-0.2, -0.15) is 0 Å². The molecule has 1 amide bonds. The Balaban J connectivity index is 1.71. The first-order valence-electron chi connectivity index (χ1n) is 8.93. The van der Waals surface area contributed by atoms with Crippen LogP contribution < -0.4 is 15.4 Å². The number of amides is 1. The van der Waals surface area contributed by atoms with Crippen LogP contribution in [0.4, 0.5) is 17.3 Å². The molecule has 0 aliphatic rings. The Morgan fingerprint density at radius 3 is 2.24 bits per heavy atom. The largest absolute Gasteiger partial charge is 0.496 e. The number of hydrogen-bond donors (Lipinski definition) is 2. The first-order chi connectivity index (χ1) is 14.1. The fourth-order valence-electron chi connectivity index (χ4n) is 2.60. The molecule has 0 radical (unpaired) electrons. The summed E-state index contributed by atoms with van der Waals surface area (Å²) in [6.45, 7) is 2.03. The van der Waals surface area contributed by atoms with Gasteiger partial charge in [0.25, 0.3) is 5.91 Å². The maximum atomic E-state index is 12.4. The van der Waals surface area contributed by atoms with E-state index < -0.39 is 5.97 Å². The topological polar surface area (TPSA) is 102 Å². The minimum absolute atomic E-state index is 0.283. The van der Waals surface area contributed by atoms with Gasteiger partial charge in [0.1, 0.15) is 5.75 Å². The zero-order valence-corrected chi connectivity index (χ0v) is 16.0. The van der Waals surface area contributed by atoms with Gasteiger partial charge >= 0.3 is 5.97 Å². The van der Waals surface area contributed by atoms with Gasteiger partial charge in [-0.15, -0.1) is 10.2 Å². The molecule has 148 valence electrons. The number of rotatable bonds is 7. The summed E-state index contributed by atoms with van der Waals surface area (Å²) in [6.07, 6.45) is 0. The van der Waals surface area contributed by atoms with E-state index in [1.807, 2.05) is 0 Å². The molecule has 3 aromatic rings. The third kappa shape index (κ3) is 4.86. The van der Waals surface area contributed by atoms with E-state index in [0.29, 0.717) is 28.4 Å². The van der Waals surface area contributed by atoms with Crippen molar-refractivity contribution in [2.75, 3.05) is 24.4 Å². The lowest BCUT2D eigenvalue weighted by Gasteiger charge is -2.11. The molecule has 0 spiro atoms. The van der Waals surface area contributed by atoms with Gasteiger partial charge in [0.2, 0.25) is 0 Å². The van der Waals surface area contributed by atoms with Gasteiger partial charge in [0.05, 0.1) is 30.5 Å². The molecule has 29 heavy (non-hydrogen) atoms. The van der Waals surface area contributed by atoms with E-state index in [9.17, 15) is 9.59 Å². The quantitative estimate of drug-likeness (QED) is 0.592. The van der Waals surface area contributed by atoms with Gasteiger partial charge < -0.3 is 20.1 Å². The molecule has 2 aromatic carbocycles. The Morgan fingerprint density at radius 2 is 1.55 bits per heavy atom. The molecule has 3 rings (SSSR count). The van der Waals surface area contributed by atoms with Crippen molar-refractivity contribution in [3.05, 3.63) is 71.8 Å². The van der Waals surface area contributed by atoms with E-state index in [-0.39, 0.29) is 18.3 Å². The average molecular weight is 392 g/mol. The molecular formula is C21H20N4O4. The van der Waals surface area contributed by atoms with Crippen molar-refractivity contribution in [3.63, 3.8) is 0 Å². The van der Waals surface area contributed by atoms with E-state index in [2.05, 4.69) is 20.8 Å². The van der Waals surface area contributed by atoms with Crippen LogP contribution in [0.15, 0.2) is 60.7 Å². The third-order valence-electron chi connectivity index (χ3n) is 3.94. The number of anilines is 3. The minimum atomic E-state index is -0.427. The second kappa shape index (κ2) is 9.32. The number of para-hydroxylation sites is 2. The highest BCUT2D eigenvalue weighted by atomic mass is 16.5. The van der Waals surface area contributed by atoms with E-state index in [0.717, 1.165) is 0 Å². The molecule has 8 heteroatoms. The third-order valence-corrected chi connectivity index (χ3v) is 3.94. The molecule has 0 atom stereocenters. The Bertz CT molecular complexity index is 1010. The second-order valence-corrected chi connectivity index (χ2v) is 5.85. The molecule has 0 saturated heterocycles. The fourth-order valence-corrected chi connectivity index (χ4v) is 2.60. The van der Waals surface area contributed by atoms with Gasteiger partial charge in [-0.05, 0) is 43.3 Å². The first-order valence-corrected chi connectivity index (χ1v) is 8.93. The Morgan fingerprint density at radius 1 is 0.897 bits per heavy atom. The van der Waals surface area contributed by atoms with Crippen molar-refractivity contribution in [3.8, 4) is 5.75 Å². The van der Waals surface area contributed by atoms with E-state index >= 15 is 0 Å². The van der Waals surface area contributed by atoms with Crippen LogP contribution in [0.1, 0.15) is 27.6 Å². The lowest BCUT2D eigenvalue weighted by molar-refractivity contribution is 0.0527. The number of benzene rings is 2. The van der Waals surface area contributed by atoms with Crippen molar-refractivity contribution in [1.82, 2.24) is 10.2 Å². The highest BCUT2D eigenvalue weighted by molar-refractivity contribution is 6.05. The van der Waals surface area contributed by atoms with Crippen molar-refractivity contribution in [2.45, 2.75) is 6.92 Å². The predicted molar refractivity (Wildman–Crippen MR) is 109 cm³/mol. The Hall–Kier alpha value is -3.94. The molecule has 1 aromatic heterocycles. The molecular weight excluding hydrogens is 372 g/mol. The number of nitrogens with zero attached hydrogens (tertiary/aromatic N) is 2. The summed E-state index contributed by atoms with van der Waals surface area (Å²) in [5, 5.41) is 13.8. The fraction of sp³-hybridized carbons (Fsp3) is 0.143. The van der Waals surface area contributed by atoms with Crippen molar-refractivity contribution >= 4 is 29.2 Å². The monoisotopic (exact) mass is 392 g/mol. The van der Waals surface area contributed by atoms with Gasteiger partial charge in [-0.25, -0.2) is 4.79 Å². The summed E-state index contributed by atoms with van der Waals surface area (Å²) < 4.78 is 10.3. The van der Waals surface area contributed by atoms with Crippen LogP contribution in [0.3, 0.4) is 0 Å². The SMILES string of the molecule is CCOC(=O)c1ccccc1Nc1ccc(NC(=O)c2ccccc2OC)nn1. The number of esters is 1. The van der Waals surface area contributed by atoms with E-state index in [1.165, 1.54) is 7.11 Å². The predicted octanol–water partition coefficient (Wildman–Crippen LogP) is 3.66. The smallest absolute Gasteiger partial charge is 0.340 e. The van der Waals surface area contributed by atoms with Crippen LogP contribution in [-0.4, -0.2) is 35.8 Å². The van der Waals surface area contributed by atoms with Gasteiger partial charge in [0, 0.05) is 0 Å². The molecule has 2 N–H and O–H groups in total. The summed E-state index contributed by atoms with van der Waals surface area (Å²) in [5.74, 6) is 0.378. The molecule has 0 fully saturated rings. The maximum Gasteiger partial charge on any atom is 0.340 e. The highest BCUT2D eigenvalue weighted by Gasteiger charge is 2.14. The molecule has 0 aliphatic carbocycles. The maximum absolute atomic E-state index is 12.4. The molecule has 0 saturated carbocycles. The van der Waals surface area contributed by atoms with Crippen molar-refractivity contribution < 1.29 is 19.1 Å². The first kappa shape index (κ1) is 19.8. The zero-order chi connectivity index (χ0) is 20.6. The summed E-state index contributed by atoms with van der Waals surface area (Å²) in [4.78, 5) is 24.5. The lowest BCUT2D eigenvalue weighted by Crippen LogP contribution is -2.14. The summed E-state index contributed by atoms with van der Waals surface area (Å²) in [7, 11) is 1.50. The molecule has 0 aliphatic heterocycles. The highest BCUT2D eigenvalue weighted by Crippen LogP contribution is 2.21. The molecule has 0 unspecified atom stereocenters. The minimum Gasteiger partial charge on any atom is -0.496 e. The van der Waals surface area contributed by atoms with Gasteiger partial charge in [0.15, 0.2) is 11.6 Å². The number of methoxy groups -OCH3 is 1. The number of carbonyl (C=O) groups is 2. The second-order valence-electron chi connectivity index (χ2n) is 5.85. The van der Waals surface area contributed by atoms with Crippen LogP contribution in [-0.2, 0) is 4.74 Å². The van der Waals surface area contributed by atoms with Crippen molar-refractivity contribution in [1.29, 1.82) is 0 Å². The van der Waals surface area contributed by atoms with E-state index in [4.69, 9.17) is 9.47 Å². The number of carbonyl (C=O) groups excluding carboxylic acids is 2. The van der Waals surface area contributed by atoms with Crippen molar-refractivity contribution in [2.24, 2.45) is 0 Å². The Labute approximate surface area is 167 Å². The number of hydrogen-bond acceptors (Lipinski definition) is 7. The summed E-state index contributed by atoms with van der Waals surface area (Å²) in [5.41, 5.74) is 1.33. The number of aromatic nitrogens is 2. The number of ether oxygens (including phenoxy) is 2. The zero-order valence-electron chi connectivity index (χ0n) is 16.0. The average Bonchev–Trinajstić information content (AvgIpc) is 2.75. The molecule has 0 bridgehead atoms. The Kier molecular flexibility index (Phi) is 6.36. The van der Waals surface area contributed by atoms with Gasteiger partial charge in [-0.1, -0.05) is 24.3 Å². The lowest BCUT2D eigenvalue weighted by atomic mass is 10.2. The van der Waals surface area contributed by atoms with Gasteiger partial charge in [-0.3, -0.25) is 4.79 Å².